The van der Waals surface area contributed by atoms with Crippen LogP contribution in [0.1, 0.15) is 6.92 Å². The highest BCUT2D eigenvalue weighted by molar-refractivity contribution is 7.89. The van der Waals surface area contributed by atoms with E-state index in [-0.39, 0.29) is 23.5 Å². The first kappa shape index (κ1) is 16.2. The molecule has 0 aliphatic carbocycles. The Balaban J connectivity index is 2.09. The summed E-state index contributed by atoms with van der Waals surface area (Å²) in [7, 11) is -3.71. The molecule has 0 amide bonds. The van der Waals surface area contributed by atoms with E-state index in [1.165, 1.54) is 29.1 Å². The zero-order valence-corrected chi connectivity index (χ0v) is 12.9. The molecule has 1 aromatic carbocycles. The molecular weight excluding hydrogens is 306 g/mol. The van der Waals surface area contributed by atoms with Gasteiger partial charge in [0.2, 0.25) is 10.0 Å². The van der Waals surface area contributed by atoms with Crippen molar-refractivity contribution >= 4 is 10.0 Å². The lowest BCUT2D eigenvalue weighted by Gasteiger charge is -2.11. The number of nitrogens with zero attached hydrogens (tertiary/aromatic N) is 2. The Morgan fingerprint density at radius 1 is 1.23 bits per heavy atom. The van der Waals surface area contributed by atoms with E-state index < -0.39 is 10.0 Å². The van der Waals surface area contributed by atoms with Crippen molar-refractivity contribution in [1.82, 2.24) is 14.5 Å². The van der Waals surface area contributed by atoms with E-state index in [4.69, 9.17) is 4.74 Å². The zero-order chi connectivity index (χ0) is 16.0. The van der Waals surface area contributed by atoms with Gasteiger partial charge in [0.05, 0.1) is 13.2 Å². The van der Waals surface area contributed by atoms with Gasteiger partial charge in [0.1, 0.15) is 10.6 Å². The molecule has 8 heteroatoms. The van der Waals surface area contributed by atoms with Crippen LogP contribution in [0.5, 0.6) is 5.75 Å². The summed E-state index contributed by atoms with van der Waals surface area (Å²) in [4.78, 5) is 11.6. The summed E-state index contributed by atoms with van der Waals surface area (Å²) in [5.41, 5.74) is -0.281. The third-order valence-electron chi connectivity index (χ3n) is 2.84. The molecule has 0 aliphatic rings. The number of ether oxygens (including phenoxy) is 1. The Bertz CT molecular complexity index is 786. The van der Waals surface area contributed by atoms with Crippen molar-refractivity contribution < 1.29 is 13.2 Å². The molecule has 2 rings (SSSR count). The number of sulfonamides is 1. The van der Waals surface area contributed by atoms with Crippen LogP contribution in [0.3, 0.4) is 0 Å². The second-order valence-corrected chi connectivity index (χ2v) is 6.10. The predicted molar refractivity (Wildman–Crippen MR) is 81.3 cm³/mol. The fraction of sp³-hybridized carbons (Fsp3) is 0.286. The van der Waals surface area contributed by atoms with Crippen molar-refractivity contribution in [3.05, 3.63) is 52.9 Å². The van der Waals surface area contributed by atoms with Gasteiger partial charge in [-0.3, -0.25) is 4.79 Å². The summed E-state index contributed by atoms with van der Waals surface area (Å²) >= 11 is 0. The van der Waals surface area contributed by atoms with Crippen LogP contribution in [0.2, 0.25) is 0 Å². The molecule has 0 unspecified atom stereocenters. The van der Waals surface area contributed by atoms with Crippen LogP contribution in [0, 0.1) is 0 Å². The first-order chi connectivity index (χ1) is 10.5. The van der Waals surface area contributed by atoms with Gasteiger partial charge < -0.3 is 4.74 Å². The summed E-state index contributed by atoms with van der Waals surface area (Å²) in [5.74, 6) is 0.299. The lowest BCUT2D eigenvalue weighted by molar-refractivity contribution is 0.331. The van der Waals surface area contributed by atoms with Crippen molar-refractivity contribution in [2.24, 2.45) is 0 Å². The molecule has 118 valence electrons. The fourth-order valence-electron chi connectivity index (χ4n) is 1.87. The Kier molecular flexibility index (Phi) is 5.29. The molecule has 2 aromatic rings. The molecule has 0 spiro atoms. The van der Waals surface area contributed by atoms with Crippen molar-refractivity contribution in [3.8, 4) is 5.75 Å². The van der Waals surface area contributed by atoms with Crippen molar-refractivity contribution in [1.29, 1.82) is 0 Å². The molecule has 0 fully saturated rings. The van der Waals surface area contributed by atoms with E-state index >= 15 is 0 Å². The first-order valence-corrected chi connectivity index (χ1v) is 8.26. The topological polar surface area (TPSA) is 90.3 Å². The fourth-order valence-corrected chi connectivity index (χ4v) is 3.03. The molecule has 0 atom stereocenters. The van der Waals surface area contributed by atoms with Gasteiger partial charge in [-0.05, 0) is 25.1 Å². The van der Waals surface area contributed by atoms with Crippen LogP contribution in [0.15, 0.2) is 52.3 Å². The van der Waals surface area contributed by atoms with Gasteiger partial charge in [-0.1, -0.05) is 12.1 Å². The van der Waals surface area contributed by atoms with Gasteiger partial charge in [-0.2, -0.15) is 5.10 Å². The monoisotopic (exact) mass is 323 g/mol. The highest BCUT2D eigenvalue weighted by Crippen LogP contribution is 2.22. The zero-order valence-electron chi connectivity index (χ0n) is 12.1. The van der Waals surface area contributed by atoms with Gasteiger partial charge in [0, 0.05) is 18.8 Å². The number of hydrogen-bond donors (Lipinski definition) is 1. The summed E-state index contributed by atoms with van der Waals surface area (Å²) in [6.07, 6.45) is 1.47. The second-order valence-electron chi connectivity index (χ2n) is 4.36. The number of hydrogen-bond acceptors (Lipinski definition) is 5. The lowest BCUT2D eigenvalue weighted by atomic mass is 10.3. The third kappa shape index (κ3) is 3.92. The molecule has 0 aliphatic heterocycles. The van der Waals surface area contributed by atoms with Gasteiger partial charge >= 0.3 is 0 Å². The van der Waals surface area contributed by atoms with Crippen LogP contribution in [0.25, 0.3) is 0 Å². The van der Waals surface area contributed by atoms with Crippen molar-refractivity contribution in [2.45, 2.75) is 18.4 Å². The number of benzene rings is 1. The molecule has 7 nitrogen and oxygen atoms in total. The van der Waals surface area contributed by atoms with Crippen LogP contribution in [-0.2, 0) is 16.6 Å². The maximum absolute atomic E-state index is 12.3. The van der Waals surface area contributed by atoms with Crippen LogP contribution in [-0.4, -0.2) is 31.3 Å². The maximum Gasteiger partial charge on any atom is 0.266 e. The van der Waals surface area contributed by atoms with Crippen LogP contribution >= 0.6 is 0 Å². The normalized spacial score (nSPS) is 11.3. The Hall–Kier alpha value is -2.19. The van der Waals surface area contributed by atoms with Gasteiger partial charge in [0.15, 0.2) is 0 Å². The Labute approximate surface area is 128 Å². The first-order valence-electron chi connectivity index (χ1n) is 6.78. The summed E-state index contributed by atoms with van der Waals surface area (Å²) in [6, 6.07) is 9.30. The predicted octanol–water partition coefficient (Wildman–Crippen LogP) is 0.620. The number of nitrogens with one attached hydrogen (secondary N) is 1. The Morgan fingerprint density at radius 3 is 2.73 bits per heavy atom. The molecule has 0 radical (unpaired) electrons. The van der Waals surface area contributed by atoms with Crippen LogP contribution < -0.4 is 15.0 Å². The minimum absolute atomic E-state index is 0.0553. The molecule has 1 N–H and O–H groups in total. The van der Waals surface area contributed by atoms with Crippen molar-refractivity contribution in [2.75, 3.05) is 13.2 Å². The van der Waals surface area contributed by atoms with Crippen molar-refractivity contribution in [3.63, 3.8) is 0 Å². The molecular formula is C14H17N3O4S. The quantitative estimate of drug-likeness (QED) is 0.807. The van der Waals surface area contributed by atoms with Gasteiger partial charge in [-0.15, -0.1) is 0 Å². The van der Waals surface area contributed by atoms with Gasteiger partial charge in [0.25, 0.3) is 5.56 Å². The highest BCUT2D eigenvalue weighted by atomic mass is 32.2. The summed E-state index contributed by atoms with van der Waals surface area (Å²) in [6.45, 7) is 2.36. The van der Waals surface area contributed by atoms with E-state index in [1.54, 1.807) is 25.1 Å². The molecule has 0 bridgehead atoms. The summed E-state index contributed by atoms with van der Waals surface area (Å²) in [5, 5.41) is 3.86. The number of rotatable bonds is 7. The van der Waals surface area contributed by atoms with E-state index in [9.17, 15) is 13.2 Å². The molecule has 1 aromatic heterocycles. The smallest absolute Gasteiger partial charge is 0.266 e. The average Bonchev–Trinajstić information content (AvgIpc) is 2.50. The summed E-state index contributed by atoms with van der Waals surface area (Å²) < 4.78 is 33.6. The Morgan fingerprint density at radius 2 is 2.00 bits per heavy atom. The minimum atomic E-state index is -3.71. The van der Waals surface area contributed by atoms with E-state index in [2.05, 4.69) is 9.82 Å². The molecule has 0 saturated carbocycles. The minimum Gasteiger partial charge on any atom is -0.492 e. The number of para-hydroxylation sites is 1. The van der Waals surface area contributed by atoms with E-state index in [0.717, 1.165) is 0 Å². The van der Waals surface area contributed by atoms with Gasteiger partial charge in [-0.25, -0.2) is 17.8 Å². The SMILES string of the molecule is CCOc1ccccc1S(=O)(=O)NCCn1ncccc1=O. The second kappa shape index (κ2) is 7.19. The lowest BCUT2D eigenvalue weighted by Crippen LogP contribution is -2.31. The highest BCUT2D eigenvalue weighted by Gasteiger charge is 2.18. The largest absolute Gasteiger partial charge is 0.492 e. The third-order valence-corrected chi connectivity index (χ3v) is 4.34. The molecule has 22 heavy (non-hydrogen) atoms. The maximum atomic E-state index is 12.3. The van der Waals surface area contributed by atoms with Crippen LogP contribution in [0.4, 0.5) is 0 Å². The number of aromatic nitrogens is 2. The van der Waals surface area contributed by atoms with E-state index in [0.29, 0.717) is 12.4 Å². The molecule has 0 saturated heterocycles. The molecule has 1 heterocycles. The average molecular weight is 323 g/mol. The standard InChI is InChI=1S/C14H17N3O4S/c1-2-21-12-6-3-4-7-13(12)22(19,20)16-10-11-17-14(18)8-5-9-15-17/h3-9,16H,2,10-11H2,1H3. The van der Waals surface area contributed by atoms with E-state index in [1.807, 2.05) is 0 Å².